The molecule has 1 radical (unpaired) electrons. The van der Waals surface area contributed by atoms with Crippen LogP contribution in [0.2, 0.25) is 0 Å². The maximum Gasteiger partial charge on any atom is 0.268 e. The zero-order chi connectivity index (χ0) is 6.57. The molecule has 3 nitrogen and oxygen atoms in total. The third-order valence-electron chi connectivity index (χ3n) is 0.653. The molecule has 0 aromatic heterocycles. The van der Waals surface area contributed by atoms with E-state index >= 15 is 0 Å². The fourth-order valence-electron chi connectivity index (χ4n) is 0.230. The Hall–Kier alpha value is -0.990. The number of amides is 1. The average Bonchev–Trinajstić information content (AvgIpc) is 1.67. The van der Waals surface area contributed by atoms with Crippen molar-refractivity contribution in [3.8, 4) is 0 Å². The van der Waals surface area contributed by atoms with Crippen LogP contribution in [-0.4, -0.2) is 13.0 Å². The van der Waals surface area contributed by atoms with E-state index in [-0.39, 0.29) is 0 Å². The van der Waals surface area contributed by atoms with E-state index in [0.717, 1.165) is 0 Å². The monoisotopic (exact) mass is 114 g/mol. The maximum atomic E-state index is 10.1. The van der Waals surface area contributed by atoms with Crippen molar-refractivity contribution >= 4 is 5.91 Å². The summed E-state index contributed by atoms with van der Waals surface area (Å²) >= 11 is 0. The van der Waals surface area contributed by atoms with E-state index in [1.54, 1.807) is 0 Å². The molecule has 3 heteroatoms. The van der Waals surface area contributed by atoms with Crippen LogP contribution in [0.4, 0.5) is 0 Å². The first-order valence-corrected chi connectivity index (χ1v) is 2.14. The molecule has 0 saturated heterocycles. The highest BCUT2D eigenvalue weighted by Gasteiger charge is 1.94. The average molecular weight is 114 g/mol. The fraction of sp³-hybridized carbons (Fsp3) is 0.400. The molecule has 0 spiro atoms. The predicted octanol–water partition coefficient (Wildman–Crippen LogP) is 0.346. The van der Waals surface area contributed by atoms with Crippen LogP contribution in [0.5, 0.6) is 0 Å². The third-order valence-corrected chi connectivity index (χ3v) is 0.653. The molecule has 45 valence electrons. The van der Waals surface area contributed by atoms with Crippen molar-refractivity contribution in [2.45, 2.75) is 6.92 Å². The fourth-order valence-corrected chi connectivity index (χ4v) is 0.230. The number of hydrogen-bond donors (Lipinski definition) is 0. The van der Waals surface area contributed by atoms with E-state index in [1.165, 1.54) is 20.3 Å². The molecule has 0 atom stereocenters. The minimum absolute atomic E-state index is 0.313. The Labute approximate surface area is 48.1 Å². The molecule has 0 aliphatic heterocycles. The third kappa shape index (κ3) is 2.23. The van der Waals surface area contributed by atoms with Crippen molar-refractivity contribution in [1.29, 1.82) is 0 Å². The first-order chi connectivity index (χ1) is 3.68. The Morgan fingerprint density at radius 3 is 2.38 bits per heavy atom. The summed E-state index contributed by atoms with van der Waals surface area (Å²) < 4.78 is 4.46. The molecule has 0 saturated carbocycles. The van der Waals surface area contributed by atoms with Gasteiger partial charge >= 0.3 is 0 Å². The van der Waals surface area contributed by atoms with Gasteiger partial charge in [0.05, 0.1) is 13.4 Å². The predicted molar refractivity (Wildman–Crippen MR) is 28.9 cm³/mol. The lowest BCUT2D eigenvalue weighted by atomic mass is 10.3. The normalized spacial score (nSPS) is 11.0. The van der Waals surface area contributed by atoms with E-state index in [4.69, 9.17) is 5.73 Å². The lowest BCUT2D eigenvalue weighted by Gasteiger charge is -1.89. The van der Waals surface area contributed by atoms with Crippen molar-refractivity contribution in [3.05, 3.63) is 11.8 Å². The molecule has 1 amide bonds. The van der Waals surface area contributed by atoms with E-state index in [9.17, 15) is 4.79 Å². The molecule has 0 unspecified atom stereocenters. The molecule has 0 bridgehead atoms. The second-order valence-electron chi connectivity index (χ2n) is 1.37. The van der Waals surface area contributed by atoms with Gasteiger partial charge in [-0.1, -0.05) is 0 Å². The first-order valence-electron chi connectivity index (χ1n) is 2.14. The van der Waals surface area contributed by atoms with Gasteiger partial charge in [0.2, 0.25) is 0 Å². The van der Waals surface area contributed by atoms with Gasteiger partial charge in [0.15, 0.2) is 0 Å². The second kappa shape index (κ2) is 3.07. The second-order valence-corrected chi connectivity index (χ2v) is 1.37. The van der Waals surface area contributed by atoms with Crippen molar-refractivity contribution in [1.82, 2.24) is 5.73 Å². The van der Waals surface area contributed by atoms with Crippen LogP contribution in [0.15, 0.2) is 11.8 Å². The highest BCUT2D eigenvalue weighted by atomic mass is 16.5. The van der Waals surface area contributed by atoms with Crippen LogP contribution in [0.3, 0.4) is 0 Å². The SMILES string of the molecule is COC=C(C)C([NH])=O. The van der Waals surface area contributed by atoms with Crippen LogP contribution < -0.4 is 5.73 Å². The van der Waals surface area contributed by atoms with Gasteiger partial charge < -0.3 is 4.74 Å². The van der Waals surface area contributed by atoms with Gasteiger partial charge in [-0.3, -0.25) is 10.5 Å². The zero-order valence-corrected chi connectivity index (χ0v) is 4.89. The number of methoxy groups -OCH3 is 1. The van der Waals surface area contributed by atoms with Crippen molar-refractivity contribution < 1.29 is 9.53 Å². The van der Waals surface area contributed by atoms with Gasteiger partial charge in [-0.05, 0) is 6.92 Å². The van der Waals surface area contributed by atoms with Gasteiger partial charge in [-0.15, -0.1) is 0 Å². The topological polar surface area (TPSA) is 50.1 Å². The Balaban J connectivity index is 3.80. The molecule has 0 aliphatic rings. The van der Waals surface area contributed by atoms with Gasteiger partial charge in [-0.2, -0.15) is 0 Å². The van der Waals surface area contributed by atoms with Crippen LogP contribution in [0, 0.1) is 0 Å². The van der Waals surface area contributed by atoms with Crippen molar-refractivity contribution in [2.75, 3.05) is 7.11 Å². The minimum Gasteiger partial charge on any atom is -0.504 e. The molecule has 0 fully saturated rings. The quantitative estimate of drug-likeness (QED) is 0.384. The highest BCUT2D eigenvalue weighted by molar-refractivity contribution is 5.90. The van der Waals surface area contributed by atoms with Crippen molar-refractivity contribution in [2.24, 2.45) is 0 Å². The minimum atomic E-state index is -0.702. The number of hydrogen-bond acceptors (Lipinski definition) is 2. The van der Waals surface area contributed by atoms with Crippen LogP contribution in [0.25, 0.3) is 0 Å². The molecule has 0 aromatic carbocycles. The summed E-state index contributed by atoms with van der Waals surface area (Å²) in [6, 6.07) is 0. The Kier molecular flexibility index (Phi) is 2.69. The molecule has 8 heavy (non-hydrogen) atoms. The maximum absolute atomic E-state index is 10.1. The molecule has 0 aliphatic carbocycles. The Bertz CT molecular complexity index is 118. The summed E-state index contributed by atoms with van der Waals surface area (Å²) in [6.45, 7) is 1.53. The van der Waals surface area contributed by atoms with Crippen LogP contribution >= 0.6 is 0 Å². The summed E-state index contributed by atoms with van der Waals surface area (Å²) in [7, 11) is 1.44. The zero-order valence-electron chi connectivity index (χ0n) is 4.89. The lowest BCUT2D eigenvalue weighted by Crippen LogP contribution is -1.98. The van der Waals surface area contributed by atoms with E-state index in [0.29, 0.717) is 5.57 Å². The van der Waals surface area contributed by atoms with Gasteiger partial charge in [-0.25, -0.2) is 0 Å². The number of rotatable bonds is 2. The van der Waals surface area contributed by atoms with E-state index in [2.05, 4.69) is 4.74 Å². The smallest absolute Gasteiger partial charge is 0.268 e. The number of nitrogens with one attached hydrogen (secondary N) is 1. The molecule has 0 aromatic rings. The van der Waals surface area contributed by atoms with Gasteiger partial charge in [0.1, 0.15) is 0 Å². The van der Waals surface area contributed by atoms with E-state index < -0.39 is 5.91 Å². The summed E-state index contributed by atoms with van der Waals surface area (Å²) in [6.07, 6.45) is 1.25. The van der Waals surface area contributed by atoms with E-state index in [1.807, 2.05) is 0 Å². The summed E-state index contributed by atoms with van der Waals surface area (Å²) in [4.78, 5) is 10.1. The largest absolute Gasteiger partial charge is 0.504 e. The molecule has 0 heterocycles. The lowest BCUT2D eigenvalue weighted by molar-refractivity contribution is -0.115. The summed E-state index contributed by atoms with van der Waals surface area (Å²) in [5.74, 6) is -0.702. The van der Waals surface area contributed by atoms with Gasteiger partial charge in [0, 0.05) is 5.57 Å². The number of carbonyl (C=O) groups excluding carboxylic acids is 1. The summed E-state index contributed by atoms with van der Waals surface area (Å²) in [5.41, 5.74) is 6.81. The number of carbonyl (C=O) groups is 1. The Morgan fingerprint density at radius 1 is 1.75 bits per heavy atom. The molecule has 1 N–H and O–H groups in total. The van der Waals surface area contributed by atoms with Crippen molar-refractivity contribution in [3.63, 3.8) is 0 Å². The highest BCUT2D eigenvalue weighted by Crippen LogP contribution is 1.88. The summed E-state index contributed by atoms with van der Waals surface area (Å²) in [5, 5.41) is 0. The number of ether oxygens (including phenoxy) is 1. The van der Waals surface area contributed by atoms with Crippen LogP contribution in [-0.2, 0) is 9.53 Å². The molecular formula is C5H8NO2. The van der Waals surface area contributed by atoms with Crippen LogP contribution in [0.1, 0.15) is 6.92 Å². The standard InChI is InChI=1S/C5H8NO2/c1-4(3-8-2)5(6)7/h3,6H,1-2H3. The Morgan fingerprint density at radius 2 is 2.25 bits per heavy atom. The molecular weight excluding hydrogens is 106 g/mol. The first kappa shape index (κ1) is 7.01. The van der Waals surface area contributed by atoms with Gasteiger partial charge in [0.25, 0.3) is 5.91 Å². The molecule has 0 rings (SSSR count).